The first-order valence-electron chi connectivity index (χ1n) is 3.78. The molecule has 0 aliphatic carbocycles. The van der Waals surface area contributed by atoms with Gasteiger partial charge >= 0.3 is 11.9 Å². The molecule has 0 aromatic carbocycles. The Morgan fingerprint density at radius 3 is 2.29 bits per heavy atom. The minimum atomic E-state index is -1.86. The molecule has 0 bridgehead atoms. The van der Waals surface area contributed by atoms with Crippen molar-refractivity contribution in [2.24, 2.45) is 0 Å². The Labute approximate surface area is 81.6 Å². The Kier molecular flexibility index (Phi) is 4.58. The van der Waals surface area contributed by atoms with Crippen LogP contribution >= 0.6 is 0 Å². The quantitative estimate of drug-likeness (QED) is 0.388. The number of rotatable bonds is 5. The monoisotopic (exact) mass is 200 g/mol. The first kappa shape index (κ1) is 12.4. The number of carbonyl (C=O) groups is 2. The number of hydrogen-bond donors (Lipinski definition) is 1. The molecule has 0 fully saturated rings. The average molecular weight is 200 g/mol. The van der Waals surface area contributed by atoms with Gasteiger partial charge in [0.25, 0.3) is 0 Å². The van der Waals surface area contributed by atoms with Crippen molar-refractivity contribution in [3.63, 3.8) is 0 Å². The van der Waals surface area contributed by atoms with Crippen molar-refractivity contribution < 1.29 is 24.2 Å². The molecule has 0 amide bonds. The van der Waals surface area contributed by atoms with Crippen LogP contribution in [0.1, 0.15) is 6.92 Å². The lowest BCUT2D eigenvalue weighted by Gasteiger charge is -2.21. The van der Waals surface area contributed by atoms with Gasteiger partial charge in [-0.2, -0.15) is 0 Å². The zero-order chi connectivity index (χ0) is 11.2. The molecule has 0 spiro atoms. The smallest absolute Gasteiger partial charge is 0.332 e. The van der Waals surface area contributed by atoms with Gasteiger partial charge in [-0.05, 0) is 0 Å². The maximum Gasteiger partial charge on any atom is 0.332 e. The Balaban J connectivity index is 4.06. The highest BCUT2D eigenvalue weighted by atomic mass is 16.7. The van der Waals surface area contributed by atoms with Crippen LogP contribution in [0.3, 0.4) is 0 Å². The summed E-state index contributed by atoms with van der Waals surface area (Å²) in [5.74, 6) is -3.37. The van der Waals surface area contributed by atoms with Crippen LogP contribution in [0.25, 0.3) is 0 Å². The fraction of sp³-hybridized carbons (Fsp3) is 0.333. The molecule has 0 saturated heterocycles. The summed E-state index contributed by atoms with van der Waals surface area (Å²) in [6.07, 6.45) is 1.83. The van der Waals surface area contributed by atoms with Gasteiger partial charge in [-0.15, -0.1) is 0 Å². The van der Waals surface area contributed by atoms with E-state index in [1.54, 1.807) is 0 Å². The largest absolute Gasteiger partial charge is 0.456 e. The molecule has 78 valence electrons. The molecule has 1 atom stereocenters. The Morgan fingerprint density at radius 2 is 1.86 bits per heavy atom. The maximum atomic E-state index is 10.7. The van der Waals surface area contributed by atoms with Gasteiger partial charge in [-0.3, -0.25) is 0 Å². The van der Waals surface area contributed by atoms with Crippen molar-refractivity contribution in [2.45, 2.75) is 12.7 Å². The van der Waals surface area contributed by atoms with Gasteiger partial charge in [0, 0.05) is 19.1 Å². The highest BCUT2D eigenvalue weighted by Crippen LogP contribution is 2.07. The molecule has 0 saturated carbocycles. The third kappa shape index (κ3) is 5.10. The SMILES string of the molecule is C=CC(=O)OCC(C)(O)OC(=O)C=C. The summed E-state index contributed by atoms with van der Waals surface area (Å²) in [5, 5.41) is 9.36. The summed E-state index contributed by atoms with van der Waals surface area (Å²) in [7, 11) is 0. The molecule has 5 nitrogen and oxygen atoms in total. The molecule has 14 heavy (non-hydrogen) atoms. The molecule has 0 aliphatic rings. The van der Waals surface area contributed by atoms with Gasteiger partial charge in [0.15, 0.2) is 6.61 Å². The molecule has 1 N–H and O–H groups in total. The summed E-state index contributed by atoms with van der Waals surface area (Å²) in [6, 6.07) is 0. The van der Waals surface area contributed by atoms with Gasteiger partial charge in [-0.1, -0.05) is 13.2 Å². The van der Waals surface area contributed by atoms with E-state index in [0.717, 1.165) is 12.2 Å². The van der Waals surface area contributed by atoms with Crippen molar-refractivity contribution in [3.8, 4) is 0 Å². The van der Waals surface area contributed by atoms with Crippen LogP contribution in [0.15, 0.2) is 25.3 Å². The highest BCUT2D eigenvalue weighted by Gasteiger charge is 2.26. The van der Waals surface area contributed by atoms with Crippen molar-refractivity contribution in [2.75, 3.05) is 6.61 Å². The highest BCUT2D eigenvalue weighted by molar-refractivity contribution is 5.82. The third-order valence-electron chi connectivity index (χ3n) is 1.14. The number of carbonyl (C=O) groups excluding carboxylic acids is 2. The predicted molar refractivity (Wildman–Crippen MR) is 48.1 cm³/mol. The van der Waals surface area contributed by atoms with Crippen molar-refractivity contribution in [1.82, 2.24) is 0 Å². The normalized spacial score (nSPS) is 13.6. The number of ether oxygens (including phenoxy) is 2. The van der Waals surface area contributed by atoms with E-state index in [-0.39, 0.29) is 0 Å². The zero-order valence-corrected chi connectivity index (χ0v) is 7.86. The second kappa shape index (κ2) is 5.18. The summed E-state index contributed by atoms with van der Waals surface area (Å²) in [5.41, 5.74) is 0. The van der Waals surface area contributed by atoms with E-state index in [1.807, 2.05) is 0 Å². The lowest BCUT2D eigenvalue weighted by Crippen LogP contribution is -2.36. The predicted octanol–water partition coefficient (Wildman–Crippen LogP) is 0.153. The molecule has 1 unspecified atom stereocenters. The van der Waals surface area contributed by atoms with Gasteiger partial charge in [-0.25, -0.2) is 9.59 Å². The number of esters is 2. The summed E-state index contributed by atoms with van der Waals surface area (Å²) < 4.78 is 8.95. The van der Waals surface area contributed by atoms with Crippen molar-refractivity contribution >= 4 is 11.9 Å². The zero-order valence-electron chi connectivity index (χ0n) is 7.86. The average Bonchev–Trinajstić information content (AvgIpc) is 2.13. The Bertz CT molecular complexity index is 254. The summed E-state index contributed by atoms with van der Waals surface area (Å²) >= 11 is 0. The molecule has 0 heterocycles. The van der Waals surface area contributed by atoms with E-state index >= 15 is 0 Å². The van der Waals surface area contributed by atoms with E-state index < -0.39 is 24.3 Å². The first-order valence-corrected chi connectivity index (χ1v) is 3.78. The van der Waals surface area contributed by atoms with E-state index in [1.165, 1.54) is 6.92 Å². The van der Waals surface area contributed by atoms with Crippen LogP contribution in [0.2, 0.25) is 0 Å². The topological polar surface area (TPSA) is 72.8 Å². The van der Waals surface area contributed by atoms with Gasteiger partial charge < -0.3 is 14.6 Å². The van der Waals surface area contributed by atoms with Crippen LogP contribution in [-0.4, -0.2) is 29.4 Å². The van der Waals surface area contributed by atoms with E-state index in [0.29, 0.717) is 0 Å². The van der Waals surface area contributed by atoms with Crippen LogP contribution in [0.4, 0.5) is 0 Å². The van der Waals surface area contributed by atoms with E-state index in [9.17, 15) is 14.7 Å². The minimum Gasteiger partial charge on any atom is -0.456 e. The third-order valence-corrected chi connectivity index (χ3v) is 1.14. The summed E-state index contributed by atoms with van der Waals surface area (Å²) in [4.78, 5) is 21.3. The second-order valence-electron chi connectivity index (χ2n) is 2.61. The van der Waals surface area contributed by atoms with Crippen LogP contribution in [0.5, 0.6) is 0 Å². The Morgan fingerprint density at radius 1 is 1.36 bits per heavy atom. The molecule has 0 aliphatic heterocycles. The lowest BCUT2D eigenvalue weighted by molar-refractivity contribution is -0.215. The maximum absolute atomic E-state index is 10.7. The first-order chi connectivity index (χ1) is 6.41. The standard InChI is InChI=1S/C9H12O5/c1-4-7(10)13-6-9(3,12)14-8(11)5-2/h4-5,12H,1-2,6H2,3H3. The molecular formula is C9H12O5. The van der Waals surface area contributed by atoms with Gasteiger partial charge in [0.05, 0.1) is 0 Å². The summed E-state index contributed by atoms with van der Waals surface area (Å²) in [6.45, 7) is 7.03. The molecule has 0 radical (unpaired) electrons. The van der Waals surface area contributed by atoms with Crippen LogP contribution in [0, 0.1) is 0 Å². The van der Waals surface area contributed by atoms with Crippen molar-refractivity contribution in [1.29, 1.82) is 0 Å². The number of hydrogen-bond acceptors (Lipinski definition) is 5. The molecule has 0 aromatic rings. The molecule has 5 heteroatoms. The fourth-order valence-corrected chi connectivity index (χ4v) is 0.552. The Hall–Kier alpha value is -1.62. The van der Waals surface area contributed by atoms with Gasteiger partial charge in [0.1, 0.15) is 0 Å². The van der Waals surface area contributed by atoms with Crippen molar-refractivity contribution in [3.05, 3.63) is 25.3 Å². The van der Waals surface area contributed by atoms with Crippen LogP contribution in [-0.2, 0) is 19.1 Å². The van der Waals surface area contributed by atoms with Crippen LogP contribution < -0.4 is 0 Å². The lowest BCUT2D eigenvalue weighted by atomic mass is 10.3. The van der Waals surface area contributed by atoms with E-state index in [2.05, 4.69) is 22.6 Å². The minimum absolute atomic E-state index is 0.461. The molecule has 0 rings (SSSR count). The van der Waals surface area contributed by atoms with E-state index in [4.69, 9.17) is 0 Å². The molecular weight excluding hydrogens is 188 g/mol. The second-order valence-corrected chi connectivity index (χ2v) is 2.61. The molecule has 0 aromatic heterocycles. The van der Waals surface area contributed by atoms with Gasteiger partial charge in [0.2, 0.25) is 5.79 Å². The number of aliphatic hydroxyl groups is 1. The fourth-order valence-electron chi connectivity index (χ4n) is 0.552.